The number of benzene rings is 4. The van der Waals surface area contributed by atoms with Crippen molar-refractivity contribution < 1.29 is 28.2 Å². The van der Waals surface area contributed by atoms with Gasteiger partial charge in [-0.1, -0.05) is 65.7 Å². The first-order chi connectivity index (χ1) is 23.2. The van der Waals surface area contributed by atoms with Crippen LogP contribution in [0.1, 0.15) is 38.5 Å². The molecule has 0 bridgehead atoms. The van der Waals surface area contributed by atoms with Crippen molar-refractivity contribution in [2.24, 2.45) is 5.92 Å². The summed E-state index contributed by atoms with van der Waals surface area (Å²) >= 11 is 12.8. The highest BCUT2D eigenvalue weighted by Gasteiger charge is 2.67. The average molecular weight is 687 g/mol. The fraction of sp³-hybridized carbons (Fsp3) is 0.216. The first-order valence-corrected chi connectivity index (χ1v) is 16.0. The van der Waals surface area contributed by atoms with E-state index in [2.05, 4.69) is 5.32 Å². The number of nitrogens with one attached hydrogen (secondary N) is 1. The second kappa shape index (κ2) is 12.3. The van der Waals surface area contributed by atoms with Crippen LogP contribution in [0.3, 0.4) is 0 Å². The van der Waals surface area contributed by atoms with Crippen LogP contribution in [0.15, 0.2) is 96.7 Å². The molecule has 244 valence electrons. The summed E-state index contributed by atoms with van der Waals surface area (Å²) in [6, 6.07) is 24.1. The second-order valence-electron chi connectivity index (χ2n) is 12.0. The topological polar surface area (TPSA) is 88.2 Å². The fourth-order valence-corrected chi connectivity index (χ4v) is 7.73. The van der Waals surface area contributed by atoms with Gasteiger partial charge in [-0.05, 0) is 65.2 Å². The van der Waals surface area contributed by atoms with Gasteiger partial charge in [-0.3, -0.25) is 9.59 Å². The number of rotatable bonds is 7. The summed E-state index contributed by atoms with van der Waals surface area (Å²) in [5.41, 5.74) is 2.31. The number of hydrogen-bond acceptors (Lipinski definition) is 6. The quantitative estimate of drug-likeness (QED) is 0.213. The smallest absolute Gasteiger partial charge is 0.337 e. The lowest BCUT2D eigenvalue weighted by atomic mass is 9.70. The lowest BCUT2D eigenvalue weighted by Gasteiger charge is -2.39. The Labute approximate surface area is 286 Å². The molecular formula is C37H30Cl2FN3O5. The number of ether oxygens (including phenoxy) is 2. The molecule has 0 aromatic heterocycles. The monoisotopic (exact) mass is 685 g/mol. The Bertz CT molecular complexity index is 2000. The van der Waals surface area contributed by atoms with E-state index in [1.54, 1.807) is 66.6 Å². The SMILES string of the molecule is COC(=O)c1ccc(CN2CC=C3C(C2=O)[C@H](c2cccc(Cl)c2F)[C@@]2(C(=O)Nc4cc(Cl)ccc42)N3Cc2cccc(OC)c2)cc1. The number of carbonyl (C=O) groups is 3. The van der Waals surface area contributed by atoms with E-state index in [1.165, 1.54) is 13.2 Å². The number of nitrogens with zero attached hydrogens (tertiary/aromatic N) is 2. The van der Waals surface area contributed by atoms with Gasteiger partial charge in [-0.25, -0.2) is 9.18 Å². The minimum absolute atomic E-state index is 0.111. The molecule has 3 aliphatic rings. The summed E-state index contributed by atoms with van der Waals surface area (Å²) in [6.45, 7) is 0.691. The maximum Gasteiger partial charge on any atom is 0.337 e. The number of methoxy groups -OCH3 is 2. The highest BCUT2D eigenvalue weighted by Crippen LogP contribution is 2.62. The Morgan fingerprint density at radius 2 is 1.73 bits per heavy atom. The molecule has 11 heteroatoms. The predicted octanol–water partition coefficient (Wildman–Crippen LogP) is 6.92. The Hall–Kier alpha value is -4.86. The first-order valence-electron chi connectivity index (χ1n) is 15.3. The molecular weight excluding hydrogens is 656 g/mol. The molecule has 2 amide bonds. The van der Waals surface area contributed by atoms with Gasteiger partial charge < -0.3 is 24.6 Å². The van der Waals surface area contributed by atoms with E-state index in [0.29, 0.717) is 33.3 Å². The molecule has 3 atom stereocenters. The molecule has 1 spiro atoms. The first kappa shape index (κ1) is 31.7. The maximum atomic E-state index is 16.3. The third kappa shape index (κ3) is 5.00. The van der Waals surface area contributed by atoms with Crippen LogP contribution in [0.25, 0.3) is 0 Å². The number of esters is 1. The number of fused-ring (bicyclic) bond motifs is 3. The van der Waals surface area contributed by atoms with Gasteiger partial charge in [0.05, 0.1) is 30.7 Å². The molecule has 4 aromatic rings. The number of hydrogen-bond donors (Lipinski definition) is 1. The van der Waals surface area contributed by atoms with Crippen LogP contribution in [-0.2, 0) is 33.0 Å². The van der Waals surface area contributed by atoms with Gasteiger partial charge in [0.1, 0.15) is 11.6 Å². The Morgan fingerprint density at radius 3 is 2.48 bits per heavy atom. The Morgan fingerprint density at radius 1 is 0.958 bits per heavy atom. The van der Waals surface area contributed by atoms with E-state index in [-0.39, 0.29) is 36.1 Å². The van der Waals surface area contributed by atoms with E-state index >= 15 is 4.39 Å². The lowest BCUT2D eigenvalue weighted by Crippen LogP contribution is -2.49. The number of halogens is 3. The molecule has 3 aliphatic heterocycles. The van der Waals surface area contributed by atoms with E-state index in [1.807, 2.05) is 35.2 Å². The average Bonchev–Trinajstić information content (AvgIpc) is 3.54. The third-order valence-corrected chi connectivity index (χ3v) is 9.99. The van der Waals surface area contributed by atoms with Gasteiger partial charge >= 0.3 is 5.97 Å². The summed E-state index contributed by atoms with van der Waals surface area (Å²) in [5, 5.41) is 3.31. The molecule has 3 heterocycles. The van der Waals surface area contributed by atoms with Gasteiger partial charge in [0.2, 0.25) is 5.91 Å². The van der Waals surface area contributed by atoms with Gasteiger partial charge in [0.25, 0.3) is 5.91 Å². The van der Waals surface area contributed by atoms with E-state index in [9.17, 15) is 14.4 Å². The molecule has 8 nitrogen and oxygen atoms in total. The fourth-order valence-electron chi connectivity index (χ4n) is 7.38. The van der Waals surface area contributed by atoms with E-state index in [0.717, 1.165) is 11.1 Å². The van der Waals surface area contributed by atoms with Crippen LogP contribution in [-0.4, -0.2) is 48.3 Å². The minimum Gasteiger partial charge on any atom is -0.497 e. The molecule has 1 saturated heterocycles. The number of carbonyl (C=O) groups excluding carboxylic acids is 3. The highest BCUT2D eigenvalue weighted by atomic mass is 35.5. The Balaban J connectivity index is 1.41. The predicted molar refractivity (Wildman–Crippen MR) is 179 cm³/mol. The lowest BCUT2D eigenvalue weighted by molar-refractivity contribution is -0.136. The molecule has 1 N–H and O–H groups in total. The molecule has 0 saturated carbocycles. The zero-order valence-corrected chi connectivity index (χ0v) is 27.5. The summed E-state index contributed by atoms with van der Waals surface area (Å²) < 4.78 is 26.6. The molecule has 7 rings (SSSR count). The summed E-state index contributed by atoms with van der Waals surface area (Å²) in [6.07, 6.45) is 1.94. The number of likely N-dealkylation sites (tertiary alicyclic amines) is 1. The van der Waals surface area contributed by atoms with Gasteiger partial charge in [-0.2, -0.15) is 0 Å². The largest absolute Gasteiger partial charge is 0.497 e. The van der Waals surface area contributed by atoms with Crippen LogP contribution in [0.4, 0.5) is 10.1 Å². The normalized spacial score (nSPS) is 21.1. The van der Waals surface area contributed by atoms with E-state index in [4.69, 9.17) is 32.7 Å². The van der Waals surface area contributed by atoms with Crippen molar-refractivity contribution in [3.63, 3.8) is 0 Å². The van der Waals surface area contributed by atoms with Crippen molar-refractivity contribution in [3.8, 4) is 5.75 Å². The van der Waals surface area contributed by atoms with Crippen molar-refractivity contribution >= 4 is 46.7 Å². The summed E-state index contributed by atoms with van der Waals surface area (Å²) in [5.74, 6) is -3.14. The van der Waals surface area contributed by atoms with Crippen molar-refractivity contribution in [1.29, 1.82) is 0 Å². The van der Waals surface area contributed by atoms with Crippen LogP contribution in [0.5, 0.6) is 5.75 Å². The molecule has 4 aromatic carbocycles. The minimum atomic E-state index is -1.54. The summed E-state index contributed by atoms with van der Waals surface area (Å²) in [7, 11) is 2.89. The van der Waals surface area contributed by atoms with Crippen molar-refractivity contribution in [1.82, 2.24) is 9.80 Å². The second-order valence-corrected chi connectivity index (χ2v) is 12.8. The maximum absolute atomic E-state index is 16.3. The van der Waals surface area contributed by atoms with Gasteiger partial charge in [-0.15, -0.1) is 0 Å². The Kier molecular flexibility index (Phi) is 8.13. The standard InChI is InChI=1S/C37H30Cl2FN3O5/c1-47-25-6-3-5-22(17-25)20-43-30-15-16-42(19-21-9-11-23(12-10-21)35(45)48-2)34(44)31(30)32(26-7-4-8-28(39)33(26)40)37(43)27-14-13-24(38)18-29(27)41-36(37)46/h3-15,17-18,31-32H,16,19-20H2,1-2H3,(H,41,46)/t31?,32-,37-/m0/s1. The number of anilines is 1. The zero-order valence-electron chi connectivity index (χ0n) is 26.0. The highest BCUT2D eigenvalue weighted by molar-refractivity contribution is 6.31. The third-order valence-electron chi connectivity index (χ3n) is 9.46. The molecule has 0 aliphatic carbocycles. The summed E-state index contributed by atoms with van der Waals surface area (Å²) in [4.78, 5) is 45.0. The molecule has 1 unspecified atom stereocenters. The molecule has 48 heavy (non-hydrogen) atoms. The van der Waals surface area contributed by atoms with Crippen LogP contribution < -0.4 is 10.1 Å². The zero-order chi connectivity index (χ0) is 33.7. The van der Waals surface area contributed by atoms with Crippen molar-refractivity contribution in [2.45, 2.75) is 24.5 Å². The van der Waals surface area contributed by atoms with Crippen LogP contribution >= 0.6 is 23.2 Å². The van der Waals surface area contributed by atoms with Crippen LogP contribution in [0.2, 0.25) is 10.0 Å². The number of amides is 2. The van der Waals surface area contributed by atoms with Crippen LogP contribution in [0, 0.1) is 11.7 Å². The van der Waals surface area contributed by atoms with Gasteiger partial charge in [0.15, 0.2) is 5.54 Å². The van der Waals surface area contributed by atoms with Crippen molar-refractivity contribution in [3.05, 3.63) is 140 Å². The van der Waals surface area contributed by atoms with Crippen molar-refractivity contribution in [2.75, 3.05) is 26.1 Å². The molecule has 0 radical (unpaired) electrons. The molecule has 1 fully saturated rings. The van der Waals surface area contributed by atoms with Gasteiger partial charge in [0, 0.05) is 47.5 Å². The van der Waals surface area contributed by atoms with E-state index < -0.39 is 35.1 Å².